The third kappa shape index (κ3) is 1.65. The molecule has 0 spiro atoms. The Bertz CT molecular complexity index is 267. The Kier molecular flexibility index (Phi) is 2.44. The van der Waals surface area contributed by atoms with Gasteiger partial charge in [-0.25, -0.2) is 4.68 Å². The highest BCUT2D eigenvalue weighted by atomic mass is 16.5. The van der Waals surface area contributed by atoms with Crippen LogP contribution in [0, 0.1) is 0 Å². The van der Waals surface area contributed by atoms with Crippen LogP contribution >= 0.6 is 0 Å². The molecule has 0 unspecified atom stereocenters. The molecule has 1 aliphatic rings. The molecule has 1 aliphatic heterocycles. The van der Waals surface area contributed by atoms with Gasteiger partial charge in [-0.1, -0.05) is 0 Å². The molecule has 2 rings (SSSR count). The first-order chi connectivity index (χ1) is 6.42. The van der Waals surface area contributed by atoms with Gasteiger partial charge >= 0.3 is 0 Å². The van der Waals surface area contributed by atoms with Crippen LogP contribution in [0.15, 0.2) is 6.33 Å². The molecule has 0 N–H and O–H groups in total. The lowest BCUT2D eigenvalue weighted by atomic mass is 10.4. The predicted octanol–water partition coefficient (Wildman–Crippen LogP) is 0.135. The van der Waals surface area contributed by atoms with Crippen LogP contribution in [0.1, 0.15) is 6.92 Å². The highest BCUT2D eigenvalue weighted by Crippen LogP contribution is 2.10. The van der Waals surface area contributed by atoms with Gasteiger partial charge < -0.3 is 9.64 Å². The van der Waals surface area contributed by atoms with Gasteiger partial charge in [-0.2, -0.15) is 10.1 Å². The van der Waals surface area contributed by atoms with Gasteiger partial charge in [0.05, 0.1) is 13.2 Å². The molecule has 1 saturated heterocycles. The summed E-state index contributed by atoms with van der Waals surface area (Å²) in [5.41, 5.74) is 0. The quantitative estimate of drug-likeness (QED) is 0.652. The SMILES string of the molecule is CCn1ncnc1N1CCOCC1. The topological polar surface area (TPSA) is 43.2 Å². The number of anilines is 1. The van der Waals surface area contributed by atoms with Gasteiger partial charge in [0.15, 0.2) is 0 Å². The monoisotopic (exact) mass is 182 g/mol. The van der Waals surface area contributed by atoms with Crippen molar-refractivity contribution in [2.45, 2.75) is 13.5 Å². The first-order valence-corrected chi connectivity index (χ1v) is 4.62. The van der Waals surface area contributed by atoms with E-state index in [0.717, 1.165) is 38.8 Å². The second-order valence-corrected chi connectivity index (χ2v) is 2.98. The molecule has 1 aromatic rings. The summed E-state index contributed by atoms with van der Waals surface area (Å²) >= 11 is 0. The predicted molar refractivity (Wildman–Crippen MR) is 48.7 cm³/mol. The highest BCUT2D eigenvalue weighted by Gasteiger charge is 2.15. The molecular weight excluding hydrogens is 168 g/mol. The summed E-state index contributed by atoms with van der Waals surface area (Å²) < 4.78 is 7.18. The number of morpholine rings is 1. The molecule has 5 nitrogen and oxygen atoms in total. The van der Waals surface area contributed by atoms with E-state index >= 15 is 0 Å². The average molecular weight is 182 g/mol. The first-order valence-electron chi connectivity index (χ1n) is 4.62. The number of hydrogen-bond donors (Lipinski definition) is 0. The summed E-state index contributed by atoms with van der Waals surface area (Å²) in [5, 5.41) is 4.13. The zero-order valence-electron chi connectivity index (χ0n) is 7.81. The van der Waals surface area contributed by atoms with Crippen LogP contribution in [-0.2, 0) is 11.3 Å². The number of nitrogens with zero attached hydrogens (tertiary/aromatic N) is 4. The zero-order chi connectivity index (χ0) is 9.10. The normalized spacial score (nSPS) is 17.8. The van der Waals surface area contributed by atoms with E-state index in [9.17, 15) is 0 Å². The van der Waals surface area contributed by atoms with Crippen molar-refractivity contribution in [1.29, 1.82) is 0 Å². The minimum Gasteiger partial charge on any atom is -0.378 e. The Morgan fingerprint density at radius 3 is 2.92 bits per heavy atom. The molecule has 0 radical (unpaired) electrons. The van der Waals surface area contributed by atoms with Crippen molar-refractivity contribution >= 4 is 5.95 Å². The molecule has 0 aromatic carbocycles. The third-order valence-electron chi connectivity index (χ3n) is 2.19. The fraction of sp³-hybridized carbons (Fsp3) is 0.750. The Hall–Kier alpha value is -1.10. The molecule has 0 atom stereocenters. The van der Waals surface area contributed by atoms with Crippen molar-refractivity contribution in [3.63, 3.8) is 0 Å². The van der Waals surface area contributed by atoms with E-state index in [1.54, 1.807) is 6.33 Å². The van der Waals surface area contributed by atoms with Gasteiger partial charge in [0.1, 0.15) is 6.33 Å². The van der Waals surface area contributed by atoms with Crippen LogP contribution < -0.4 is 4.90 Å². The van der Waals surface area contributed by atoms with Crippen LogP contribution in [0.3, 0.4) is 0 Å². The van der Waals surface area contributed by atoms with Crippen molar-refractivity contribution < 1.29 is 4.74 Å². The largest absolute Gasteiger partial charge is 0.378 e. The average Bonchev–Trinajstić information content (AvgIpc) is 2.67. The molecule has 0 bridgehead atoms. The maximum atomic E-state index is 5.27. The molecule has 13 heavy (non-hydrogen) atoms. The lowest BCUT2D eigenvalue weighted by molar-refractivity contribution is 0.121. The number of aromatic nitrogens is 3. The van der Waals surface area contributed by atoms with E-state index in [1.165, 1.54) is 0 Å². The van der Waals surface area contributed by atoms with Crippen LogP contribution in [0.4, 0.5) is 5.95 Å². The molecule has 1 fully saturated rings. The second kappa shape index (κ2) is 3.74. The first kappa shape index (κ1) is 8.50. The molecule has 0 amide bonds. The van der Waals surface area contributed by atoms with Crippen LogP contribution in [0.2, 0.25) is 0 Å². The lowest BCUT2D eigenvalue weighted by Gasteiger charge is -2.27. The van der Waals surface area contributed by atoms with Crippen LogP contribution in [-0.4, -0.2) is 41.1 Å². The summed E-state index contributed by atoms with van der Waals surface area (Å²) in [6.45, 7) is 6.34. The number of aryl methyl sites for hydroxylation is 1. The van der Waals surface area contributed by atoms with Crippen molar-refractivity contribution in [2.24, 2.45) is 0 Å². The Morgan fingerprint density at radius 1 is 1.46 bits per heavy atom. The Morgan fingerprint density at radius 2 is 2.23 bits per heavy atom. The fourth-order valence-corrected chi connectivity index (χ4v) is 1.49. The van der Waals surface area contributed by atoms with E-state index in [0.29, 0.717) is 0 Å². The number of rotatable bonds is 2. The summed E-state index contributed by atoms with van der Waals surface area (Å²) in [6.07, 6.45) is 1.61. The molecule has 0 saturated carbocycles. The van der Waals surface area contributed by atoms with Gasteiger partial charge in [0.2, 0.25) is 5.95 Å². The molecule has 2 heterocycles. The minimum absolute atomic E-state index is 0.788. The van der Waals surface area contributed by atoms with Crippen LogP contribution in [0.25, 0.3) is 0 Å². The van der Waals surface area contributed by atoms with E-state index in [4.69, 9.17) is 4.74 Å². The Labute approximate surface area is 77.3 Å². The maximum Gasteiger partial charge on any atom is 0.223 e. The maximum absolute atomic E-state index is 5.27. The molecule has 72 valence electrons. The zero-order valence-corrected chi connectivity index (χ0v) is 7.81. The summed E-state index contributed by atoms with van der Waals surface area (Å²) in [5.74, 6) is 0.964. The van der Waals surface area contributed by atoms with Gasteiger partial charge in [-0.3, -0.25) is 0 Å². The van der Waals surface area contributed by atoms with E-state index in [1.807, 2.05) is 4.68 Å². The van der Waals surface area contributed by atoms with Gasteiger partial charge in [0, 0.05) is 19.6 Å². The summed E-state index contributed by atoms with van der Waals surface area (Å²) in [4.78, 5) is 6.44. The summed E-state index contributed by atoms with van der Waals surface area (Å²) in [7, 11) is 0. The standard InChI is InChI=1S/C8H14N4O/c1-2-12-8(9-7-10-12)11-3-5-13-6-4-11/h7H,2-6H2,1H3. The van der Waals surface area contributed by atoms with Crippen molar-refractivity contribution in [3.8, 4) is 0 Å². The molecular formula is C8H14N4O. The van der Waals surface area contributed by atoms with E-state index in [2.05, 4.69) is 21.9 Å². The summed E-state index contributed by atoms with van der Waals surface area (Å²) in [6, 6.07) is 0. The molecule has 0 aliphatic carbocycles. The molecule has 5 heteroatoms. The fourth-order valence-electron chi connectivity index (χ4n) is 1.49. The van der Waals surface area contributed by atoms with Crippen molar-refractivity contribution in [3.05, 3.63) is 6.33 Å². The minimum atomic E-state index is 0.788. The second-order valence-electron chi connectivity index (χ2n) is 2.98. The lowest BCUT2D eigenvalue weighted by Crippen LogP contribution is -2.38. The Balaban J connectivity index is 2.13. The third-order valence-corrected chi connectivity index (χ3v) is 2.19. The van der Waals surface area contributed by atoms with Crippen molar-refractivity contribution in [1.82, 2.24) is 14.8 Å². The molecule has 1 aromatic heterocycles. The van der Waals surface area contributed by atoms with Crippen molar-refractivity contribution in [2.75, 3.05) is 31.2 Å². The number of hydrogen-bond acceptors (Lipinski definition) is 4. The smallest absolute Gasteiger partial charge is 0.223 e. The van der Waals surface area contributed by atoms with E-state index < -0.39 is 0 Å². The van der Waals surface area contributed by atoms with Gasteiger partial charge in [-0.15, -0.1) is 0 Å². The van der Waals surface area contributed by atoms with Gasteiger partial charge in [0.25, 0.3) is 0 Å². The number of ether oxygens (including phenoxy) is 1. The highest BCUT2D eigenvalue weighted by molar-refractivity contribution is 5.29. The van der Waals surface area contributed by atoms with E-state index in [-0.39, 0.29) is 0 Å². The van der Waals surface area contributed by atoms with Gasteiger partial charge in [-0.05, 0) is 6.92 Å². The van der Waals surface area contributed by atoms with Crippen LogP contribution in [0.5, 0.6) is 0 Å².